The first-order valence-corrected chi connectivity index (χ1v) is 6.17. The molecule has 0 spiro atoms. The standard InChI is InChI=1S/C13H18F2N2O/c1-2-17(11-7-16-8-11)9-10-3-5-12(6-4-10)18-13(14)15/h3-6,11,13,16H,2,7-9H2,1H3. The van der Waals surface area contributed by atoms with Crippen molar-refractivity contribution in [1.82, 2.24) is 10.2 Å². The molecule has 1 aliphatic rings. The number of hydrogen-bond acceptors (Lipinski definition) is 3. The van der Waals surface area contributed by atoms with E-state index < -0.39 is 6.61 Å². The highest BCUT2D eigenvalue weighted by Gasteiger charge is 2.23. The Bertz CT molecular complexity index is 366. The maximum Gasteiger partial charge on any atom is 0.387 e. The van der Waals surface area contributed by atoms with Crippen molar-refractivity contribution in [3.05, 3.63) is 29.8 Å². The first kappa shape index (κ1) is 13.2. The van der Waals surface area contributed by atoms with E-state index in [1.54, 1.807) is 12.1 Å². The van der Waals surface area contributed by atoms with Crippen molar-refractivity contribution in [2.75, 3.05) is 19.6 Å². The highest BCUT2D eigenvalue weighted by molar-refractivity contribution is 5.27. The Balaban J connectivity index is 1.92. The van der Waals surface area contributed by atoms with Gasteiger partial charge in [0.05, 0.1) is 0 Å². The summed E-state index contributed by atoms with van der Waals surface area (Å²) in [6.45, 7) is 3.26. The maximum atomic E-state index is 12.0. The van der Waals surface area contributed by atoms with Gasteiger partial charge in [-0.25, -0.2) is 0 Å². The van der Waals surface area contributed by atoms with Crippen LogP contribution >= 0.6 is 0 Å². The molecule has 0 atom stereocenters. The molecule has 3 nitrogen and oxygen atoms in total. The highest BCUT2D eigenvalue weighted by atomic mass is 19.3. The summed E-state index contributed by atoms with van der Waals surface area (Å²) in [4.78, 5) is 2.37. The quantitative estimate of drug-likeness (QED) is 0.843. The second-order valence-corrected chi connectivity index (χ2v) is 4.40. The number of likely N-dealkylation sites (N-methyl/N-ethyl adjacent to an activating group) is 1. The fraction of sp³-hybridized carbons (Fsp3) is 0.538. The van der Waals surface area contributed by atoms with Crippen molar-refractivity contribution in [3.63, 3.8) is 0 Å². The van der Waals surface area contributed by atoms with Crippen LogP contribution in [0.3, 0.4) is 0 Å². The van der Waals surface area contributed by atoms with E-state index in [-0.39, 0.29) is 5.75 Å². The number of ether oxygens (including phenoxy) is 1. The first-order chi connectivity index (χ1) is 8.69. The summed E-state index contributed by atoms with van der Waals surface area (Å²) in [5.41, 5.74) is 1.12. The molecule has 18 heavy (non-hydrogen) atoms. The molecule has 1 fully saturated rings. The highest BCUT2D eigenvalue weighted by Crippen LogP contribution is 2.17. The van der Waals surface area contributed by atoms with Crippen LogP contribution in [-0.2, 0) is 6.54 Å². The molecule has 0 radical (unpaired) electrons. The number of nitrogens with zero attached hydrogens (tertiary/aromatic N) is 1. The Labute approximate surface area is 106 Å². The fourth-order valence-electron chi connectivity index (χ4n) is 2.04. The van der Waals surface area contributed by atoms with E-state index in [2.05, 4.69) is 21.9 Å². The van der Waals surface area contributed by atoms with E-state index in [9.17, 15) is 8.78 Å². The molecule has 100 valence electrons. The number of alkyl halides is 2. The molecule has 1 saturated heterocycles. The Morgan fingerprint density at radius 2 is 2.00 bits per heavy atom. The summed E-state index contributed by atoms with van der Waals surface area (Å²) < 4.78 is 28.3. The molecule has 1 heterocycles. The minimum Gasteiger partial charge on any atom is -0.435 e. The normalized spacial score (nSPS) is 16.1. The third-order valence-corrected chi connectivity index (χ3v) is 3.22. The molecule has 0 amide bonds. The summed E-state index contributed by atoms with van der Waals surface area (Å²) in [5, 5.41) is 3.25. The molecule has 0 aromatic heterocycles. The Morgan fingerprint density at radius 3 is 2.44 bits per heavy atom. The number of hydrogen-bond donors (Lipinski definition) is 1. The summed E-state index contributed by atoms with van der Waals surface area (Å²) in [6.07, 6.45) is 0. The van der Waals surface area contributed by atoms with Gasteiger partial charge in [0.1, 0.15) is 5.75 Å². The average Bonchev–Trinajstić information content (AvgIpc) is 2.27. The topological polar surface area (TPSA) is 24.5 Å². The number of nitrogens with one attached hydrogen (secondary N) is 1. The van der Waals surface area contributed by atoms with Gasteiger partial charge in [0.2, 0.25) is 0 Å². The lowest BCUT2D eigenvalue weighted by Gasteiger charge is -2.37. The number of halogens is 2. The molecule has 0 saturated carbocycles. The molecule has 1 aliphatic heterocycles. The van der Waals surface area contributed by atoms with Crippen LogP contribution in [0.1, 0.15) is 12.5 Å². The van der Waals surface area contributed by atoms with Crippen molar-refractivity contribution >= 4 is 0 Å². The lowest BCUT2D eigenvalue weighted by molar-refractivity contribution is -0.0498. The second-order valence-electron chi connectivity index (χ2n) is 4.40. The van der Waals surface area contributed by atoms with Gasteiger partial charge in [0.15, 0.2) is 0 Å². The first-order valence-electron chi connectivity index (χ1n) is 6.17. The van der Waals surface area contributed by atoms with Gasteiger partial charge in [0.25, 0.3) is 0 Å². The van der Waals surface area contributed by atoms with Crippen LogP contribution < -0.4 is 10.1 Å². The summed E-state index contributed by atoms with van der Waals surface area (Å²) in [7, 11) is 0. The monoisotopic (exact) mass is 256 g/mol. The van der Waals surface area contributed by atoms with Crippen molar-refractivity contribution in [1.29, 1.82) is 0 Å². The van der Waals surface area contributed by atoms with Crippen LogP contribution in [0.15, 0.2) is 24.3 Å². The van der Waals surface area contributed by atoms with E-state index in [0.717, 1.165) is 31.7 Å². The van der Waals surface area contributed by atoms with E-state index >= 15 is 0 Å². The molecule has 1 aromatic rings. The SMILES string of the molecule is CCN(Cc1ccc(OC(F)F)cc1)C1CNC1. The third kappa shape index (κ3) is 3.40. The van der Waals surface area contributed by atoms with E-state index in [1.807, 2.05) is 12.1 Å². The van der Waals surface area contributed by atoms with E-state index in [0.29, 0.717) is 6.04 Å². The molecule has 0 aliphatic carbocycles. The lowest BCUT2D eigenvalue weighted by Crippen LogP contribution is -2.56. The van der Waals surface area contributed by atoms with Crippen LogP contribution in [0.5, 0.6) is 5.75 Å². The van der Waals surface area contributed by atoms with Gasteiger partial charge >= 0.3 is 6.61 Å². The van der Waals surface area contributed by atoms with Gasteiger partial charge < -0.3 is 10.1 Å². The zero-order chi connectivity index (χ0) is 13.0. The van der Waals surface area contributed by atoms with Gasteiger partial charge in [-0.05, 0) is 24.2 Å². The maximum absolute atomic E-state index is 12.0. The van der Waals surface area contributed by atoms with Crippen LogP contribution in [0, 0.1) is 0 Å². The lowest BCUT2D eigenvalue weighted by atomic mass is 10.1. The Hall–Kier alpha value is -1.20. The summed E-state index contributed by atoms with van der Waals surface area (Å²) >= 11 is 0. The van der Waals surface area contributed by atoms with Gasteiger partial charge in [0, 0.05) is 25.7 Å². The molecule has 5 heteroatoms. The van der Waals surface area contributed by atoms with Crippen molar-refractivity contribution in [3.8, 4) is 5.75 Å². The fourth-order valence-corrected chi connectivity index (χ4v) is 2.04. The minimum atomic E-state index is -2.76. The second kappa shape index (κ2) is 6.11. The Morgan fingerprint density at radius 1 is 1.33 bits per heavy atom. The van der Waals surface area contributed by atoms with Crippen molar-refractivity contribution < 1.29 is 13.5 Å². The predicted molar refractivity (Wildman–Crippen MR) is 65.8 cm³/mol. The third-order valence-electron chi connectivity index (χ3n) is 3.22. The van der Waals surface area contributed by atoms with Crippen molar-refractivity contribution in [2.45, 2.75) is 26.1 Å². The van der Waals surface area contributed by atoms with Gasteiger partial charge in [-0.1, -0.05) is 19.1 Å². The molecule has 1 aromatic carbocycles. The molecule has 0 unspecified atom stereocenters. The van der Waals surface area contributed by atoms with Gasteiger partial charge in [-0.3, -0.25) is 4.90 Å². The van der Waals surface area contributed by atoms with Crippen LogP contribution in [0.4, 0.5) is 8.78 Å². The zero-order valence-corrected chi connectivity index (χ0v) is 10.4. The molecular weight excluding hydrogens is 238 g/mol. The van der Waals surface area contributed by atoms with Crippen LogP contribution in [0.2, 0.25) is 0 Å². The largest absolute Gasteiger partial charge is 0.435 e. The van der Waals surface area contributed by atoms with Crippen molar-refractivity contribution in [2.24, 2.45) is 0 Å². The minimum absolute atomic E-state index is 0.210. The van der Waals surface area contributed by atoms with Gasteiger partial charge in [-0.15, -0.1) is 0 Å². The van der Waals surface area contributed by atoms with Gasteiger partial charge in [-0.2, -0.15) is 8.78 Å². The van der Waals surface area contributed by atoms with E-state index in [4.69, 9.17) is 0 Å². The molecular formula is C13H18F2N2O. The predicted octanol–water partition coefficient (Wildman–Crippen LogP) is 2.08. The summed E-state index contributed by atoms with van der Waals surface area (Å²) in [6, 6.07) is 7.45. The van der Waals surface area contributed by atoms with E-state index in [1.165, 1.54) is 0 Å². The zero-order valence-electron chi connectivity index (χ0n) is 10.4. The smallest absolute Gasteiger partial charge is 0.387 e. The Kier molecular flexibility index (Phi) is 4.49. The van der Waals surface area contributed by atoms with Crippen LogP contribution in [0.25, 0.3) is 0 Å². The molecule has 2 rings (SSSR count). The molecule has 0 bridgehead atoms. The number of rotatable bonds is 6. The number of benzene rings is 1. The van der Waals surface area contributed by atoms with Crippen LogP contribution in [-0.4, -0.2) is 37.2 Å². The summed E-state index contributed by atoms with van der Waals surface area (Å²) in [5.74, 6) is 0.210. The molecule has 1 N–H and O–H groups in total. The average molecular weight is 256 g/mol.